The van der Waals surface area contributed by atoms with Crippen molar-refractivity contribution in [3.8, 4) is 0 Å². The van der Waals surface area contributed by atoms with E-state index in [1.807, 2.05) is 0 Å². The first-order valence-electron chi connectivity index (χ1n) is 16.8. The largest absolute Gasteiger partial charge is 0.338 e. The number of nitrogens with zero attached hydrogens (tertiary/aromatic N) is 1. The number of hydrogen-bond acceptors (Lipinski definition) is 1. The lowest BCUT2D eigenvalue weighted by Gasteiger charge is -2.23. The van der Waals surface area contributed by atoms with Crippen molar-refractivity contribution >= 4 is 6.03 Å². The van der Waals surface area contributed by atoms with Gasteiger partial charge in [-0.05, 0) is 19.3 Å². The van der Waals surface area contributed by atoms with Gasteiger partial charge in [0.15, 0.2) is 0 Å². The molecule has 0 aliphatic heterocycles. The van der Waals surface area contributed by atoms with Crippen LogP contribution in [0, 0.1) is 0 Å². The molecule has 0 unspecified atom stereocenters. The number of nitrogens with one attached hydrogen (secondary N) is 1. The summed E-state index contributed by atoms with van der Waals surface area (Å²) in [5, 5.41) is 3.25. The molecule has 0 bridgehead atoms. The molecular weight excluding hydrogens is 440 g/mol. The van der Waals surface area contributed by atoms with Crippen LogP contribution in [-0.2, 0) is 0 Å². The Bertz CT molecular complexity index is 406. The number of rotatable bonds is 29. The zero-order chi connectivity index (χ0) is 26.4. The maximum Gasteiger partial charge on any atom is 0.317 e. The van der Waals surface area contributed by atoms with E-state index in [-0.39, 0.29) is 6.03 Å². The van der Waals surface area contributed by atoms with Crippen LogP contribution in [0.5, 0.6) is 0 Å². The second-order valence-corrected chi connectivity index (χ2v) is 11.4. The van der Waals surface area contributed by atoms with Crippen LogP contribution in [-0.4, -0.2) is 30.6 Å². The number of carbonyl (C=O) groups excluding carboxylic acids is 1. The van der Waals surface area contributed by atoms with Crippen LogP contribution in [0.4, 0.5) is 4.79 Å². The lowest BCUT2D eigenvalue weighted by Crippen LogP contribution is -2.41. The normalized spacial score (nSPS) is 11.2. The molecule has 0 saturated carbocycles. The third-order valence-corrected chi connectivity index (χ3v) is 7.66. The molecule has 0 rings (SSSR count). The van der Waals surface area contributed by atoms with E-state index in [1.165, 1.54) is 148 Å². The van der Waals surface area contributed by atoms with Crippen molar-refractivity contribution in [1.29, 1.82) is 0 Å². The number of hydrogen-bond donors (Lipinski definition) is 1. The molecule has 0 spiro atoms. The fourth-order valence-corrected chi connectivity index (χ4v) is 5.11. The molecule has 0 heterocycles. The average Bonchev–Trinajstić information content (AvgIpc) is 2.88. The molecule has 216 valence electrons. The summed E-state index contributed by atoms with van der Waals surface area (Å²) in [7, 11) is 0. The van der Waals surface area contributed by atoms with Crippen molar-refractivity contribution in [3.63, 3.8) is 0 Å². The van der Waals surface area contributed by atoms with Gasteiger partial charge in [-0.1, -0.05) is 168 Å². The van der Waals surface area contributed by atoms with Gasteiger partial charge in [-0.25, -0.2) is 4.79 Å². The van der Waals surface area contributed by atoms with Gasteiger partial charge in [0.05, 0.1) is 0 Å². The molecule has 0 aromatic heterocycles. The monoisotopic (exact) mass is 509 g/mol. The lowest BCUT2D eigenvalue weighted by molar-refractivity contribution is 0.195. The Balaban J connectivity index is 4.01. The lowest BCUT2D eigenvalue weighted by atomic mass is 10.1. The van der Waals surface area contributed by atoms with Crippen LogP contribution in [0.15, 0.2) is 0 Å². The van der Waals surface area contributed by atoms with Gasteiger partial charge in [0.1, 0.15) is 0 Å². The summed E-state index contributed by atoms with van der Waals surface area (Å²) in [6.45, 7) is 9.57. The Kier molecular flexibility index (Phi) is 29.9. The molecule has 0 radical (unpaired) electrons. The highest BCUT2D eigenvalue weighted by Crippen LogP contribution is 2.12. The maximum absolute atomic E-state index is 12.9. The van der Waals surface area contributed by atoms with Crippen molar-refractivity contribution in [3.05, 3.63) is 0 Å². The molecule has 0 saturated heterocycles. The summed E-state index contributed by atoms with van der Waals surface area (Å²) < 4.78 is 0. The molecular formula is C33H68N2O. The Morgan fingerprint density at radius 3 is 1.03 bits per heavy atom. The van der Waals surface area contributed by atoms with Crippen LogP contribution in [0.2, 0.25) is 0 Å². The highest BCUT2D eigenvalue weighted by atomic mass is 16.2. The van der Waals surface area contributed by atoms with Crippen molar-refractivity contribution in [1.82, 2.24) is 10.2 Å². The molecule has 36 heavy (non-hydrogen) atoms. The Hall–Kier alpha value is -0.730. The van der Waals surface area contributed by atoms with Gasteiger partial charge in [-0.2, -0.15) is 0 Å². The highest BCUT2D eigenvalue weighted by Gasteiger charge is 2.12. The van der Waals surface area contributed by atoms with Crippen LogP contribution in [0.25, 0.3) is 0 Å². The SMILES string of the molecule is CCCCCCCCCCCCNC(=O)N(CCCCCCCCCC)CCCCCCCCCC. The topological polar surface area (TPSA) is 32.3 Å². The predicted molar refractivity (Wildman–Crippen MR) is 162 cm³/mol. The second kappa shape index (κ2) is 30.5. The minimum absolute atomic E-state index is 0.191. The molecule has 0 aliphatic carbocycles. The quantitative estimate of drug-likeness (QED) is 0.100. The van der Waals surface area contributed by atoms with Crippen LogP contribution >= 0.6 is 0 Å². The third kappa shape index (κ3) is 26.3. The average molecular weight is 509 g/mol. The van der Waals surface area contributed by atoms with Crippen molar-refractivity contribution in [2.24, 2.45) is 0 Å². The summed E-state index contributed by atoms with van der Waals surface area (Å²) in [6, 6.07) is 0.191. The van der Waals surface area contributed by atoms with Gasteiger partial charge >= 0.3 is 6.03 Å². The summed E-state index contributed by atoms with van der Waals surface area (Å²) in [6.07, 6.45) is 34.6. The van der Waals surface area contributed by atoms with E-state index in [0.717, 1.165) is 38.9 Å². The van der Waals surface area contributed by atoms with Gasteiger partial charge in [-0.3, -0.25) is 0 Å². The molecule has 3 heteroatoms. The first kappa shape index (κ1) is 35.3. The molecule has 0 aromatic rings. The summed E-state index contributed by atoms with van der Waals surface area (Å²) >= 11 is 0. The zero-order valence-corrected chi connectivity index (χ0v) is 25.4. The van der Waals surface area contributed by atoms with E-state index < -0.39 is 0 Å². The summed E-state index contributed by atoms with van der Waals surface area (Å²) in [5.74, 6) is 0. The van der Waals surface area contributed by atoms with E-state index in [1.54, 1.807) is 0 Å². The zero-order valence-electron chi connectivity index (χ0n) is 25.4. The van der Waals surface area contributed by atoms with E-state index in [2.05, 4.69) is 31.0 Å². The summed E-state index contributed by atoms with van der Waals surface area (Å²) in [4.78, 5) is 15.0. The number of amides is 2. The molecule has 2 amide bonds. The first-order chi connectivity index (χ1) is 17.8. The molecule has 0 atom stereocenters. The van der Waals surface area contributed by atoms with E-state index in [4.69, 9.17) is 0 Å². The van der Waals surface area contributed by atoms with E-state index >= 15 is 0 Å². The van der Waals surface area contributed by atoms with Crippen molar-refractivity contribution in [2.75, 3.05) is 19.6 Å². The Morgan fingerprint density at radius 2 is 0.694 bits per heavy atom. The summed E-state index contributed by atoms with van der Waals surface area (Å²) in [5.41, 5.74) is 0. The van der Waals surface area contributed by atoms with Gasteiger partial charge < -0.3 is 10.2 Å². The second-order valence-electron chi connectivity index (χ2n) is 11.4. The number of unbranched alkanes of at least 4 members (excludes halogenated alkanes) is 23. The van der Waals surface area contributed by atoms with E-state index in [9.17, 15) is 4.79 Å². The maximum atomic E-state index is 12.9. The van der Waals surface area contributed by atoms with Crippen LogP contribution in [0.3, 0.4) is 0 Å². The van der Waals surface area contributed by atoms with Gasteiger partial charge in [0, 0.05) is 19.6 Å². The molecule has 0 aliphatic rings. The molecule has 1 N–H and O–H groups in total. The van der Waals surface area contributed by atoms with Crippen molar-refractivity contribution < 1.29 is 4.79 Å². The third-order valence-electron chi connectivity index (χ3n) is 7.66. The first-order valence-corrected chi connectivity index (χ1v) is 16.8. The highest BCUT2D eigenvalue weighted by molar-refractivity contribution is 5.74. The van der Waals surface area contributed by atoms with E-state index in [0.29, 0.717) is 0 Å². The van der Waals surface area contributed by atoms with Gasteiger partial charge in [0.2, 0.25) is 0 Å². The predicted octanol–water partition coefficient (Wildman–Crippen LogP) is 11.2. The Labute approximate surface area is 228 Å². The van der Waals surface area contributed by atoms with Crippen molar-refractivity contribution in [2.45, 2.75) is 188 Å². The standard InChI is InChI=1S/C33H68N2O/c1-4-7-10-13-16-19-20-21-24-27-30-34-33(36)35(31-28-25-22-17-14-11-8-5-2)32-29-26-23-18-15-12-9-6-3/h4-32H2,1-3H3,(H,34,36). The van der Waals surface area contributed by atoms with Gasteiger partial charge in [0.25, 0.3) is 0 Å². The van der Waals surface area contributed by atoms with Crippen LogP contribution < -0.4 is 5.32 Å². The van der Waals surface area contributed by atoms with Crippen LogP contribution in [0.1, 0.15) is 188 Å². The Morgan fingerprint density at radius 1 is 0.417 bits per heavy atom. The fraction of sp³-hybridized carbons (Fsp3) is 0.970. The fourth-order valence-electron chi connectivity index (χ4n) is 5.11. The van der Waals surface area contributed by atoms with Gasteiger partial charge in [-0.15, -0.1) is 0 Å². The number of urea groups is 1. The molecule has 0 fully saturated rings. The minimum Gasteiger partial charge on any atom is -0.338 e. The number of carbonyl (C=O) groups is 1. The minimum atomic E-state index is 0.191. The molecule has 3 nitrogen and oxygen atoms in total. The molecule has 0 aromatic carbocycles. The smallest absolute Gasteiger partial charge is 0.317 e.